The number of unbranched alkanes of at least 4 members (excludes halogenated alkanes) is 3. The Morgan fingerprint density at radius 2 is 1.77 bits per heavy atom. The highest BCUT2D eigenvalue weighted by Crippen LogP contribution is 2.16. The second kappa shape index (κ2) is 11.0. The molecule has 5 heteroatoms. The third-order valence-corrected chi connectivity index (χ3v) is 3.34. The monoisotopic (exact) mass is 322 g/mol. The molecule has 0 aliphatic heterocycles. The molecule has 0 radical (unpaired) electrons. The lowest BCUT2D eigenvalue weighted by atomic mass is 10.2. The Labute approximate surface area is 138 Å². The topological polar surface area (TPSA) is 50.4 Å². The molecule has 1 amide bonds. The average Bonchev–Trinajstić information content (AvgIpc) is 2.51. The van der Waals surface area contributed by atoms with E-state index in [9.17, 15) is 4.79 Å². The molecular weight excluding hydrogens is 296 g/mol. The molecule has 0 bridgehead atoms. The van der Waals surface area contributed by atoms with Crippen LogP contribution in [0.4, 0.5) is 5.69 Å². The molecule has 0 spiro atoms. The Morgan fingerprint density at radius 1 is 1.09 bits per heavy atom. The summed E-state index contributed by atoms with van der Waals surface area (Å²) >= 11 is 5.12. The number of amides is 1. The largest absolute Gasteiger partial charge is 0.494 e. The fraction of sp³-hybridized carbons (Fsp3) is 0.529. The number of ether oxygens (including phenoxy) is 1. The lowest BCUT2D eigenvalue weighted by Crippen LogP contribution is -2.33. The summed E-state index contributed by atoms with van der Waals surface area (Å²) in [7, 11) is 0. The standard InChI is InChI=1S/C17H26N2O2S/c1-3-5-7-13-21-15-11-9-14(10-12-15)18-17(22)19-16(20)8-6-4-2/h9-12H,3-8,13H2,1-2H3,(H2,18,19,20,22). The SMILES string of the molecule is CCCCCOc1ccc(NC(=S)NC(=O)CCCC)cc1. The maximum Gasteiger partial charge on any atom is 0.226 e. The van der Waals surface area contributed by atoms with E-state index in [2.05, 4.69) is 24.5 Å². The van der Waals surface area contributed by atoms with Crippen molar-refractivity contribution in [3.63, 3.8) is 0 Å². The summed E-state index contributed by atoms with van der Waals surface area (Å²) in [5.41, 5.74) is 0.835. The van der Waals surface area contributed by atoms with E-state index in [1.165, 1.54) is 12.8 Å². The lowest BCUT2D eigenvalue weighted by Gasteiger charge is -2.10. The molecule has 1 aromatic carbocycles. The number of anilines is 1. The molecule has 22 heavy (non-hydrogen) atoms. The van der Waals surface area contributed by atoms with E-state index < -0.39 is 0 Å². The van der Waals surface area contributed by atoms with Crippen LogP contribution in [0.1, 0.15) is 52.4 Å². The van der Waals surface area contributed by atoms with Crippen molar-refractivity contribution in [3.05, 3.63) is 24.3 Å². The van der Waals surface area contributed by atoms with Gasteiger partial charge < -0.3 is 15.4 Å². The minimum atomic E-state index is -0.0461. The molecule has 1 aromatic rings. The van der Waals surface area contributed by atoms with Gasteiger partial charge in [-0.05, 0) is 49.3 Å². The molecule has 2 N–H and O–H groups in total. The number of nitrogens with one attached hydrogen (secondary N) is 2. The van der Waals surface area contributed by atoms with Gasteiger partial charge in [-0.2, -0.15) is 0 Å². The van der Waals surface area contributed by atoms with Crippen LogP contribution in [0.3, 0.4) is 0 Å². The average molecular weight is 322 g/mol. The first-order valence-electron chi connectivity index (χ1n) is 7.99. The first-order chi connectivity index (χ1) is 10.7. The third-order valence-electron chi connectivity index (χ3n) is 3.14. The van der Waals surface area contributed by atoms with Crippen LogP contribution < -0.4 is 15.4 Å². The maximum absolute atomic E-state index is 11.6. The molecule has 0 saturated heterocycles. The van der Waals surface area contributed by atoms with Gasteiger partial charge in [-0.1, -0.05) is 33.1 Å². The summed E-state index contributed by atoms with van der Waals surface area (Å²) in [6.07, 6.45) is 5.82. The lowest BCUT2D eigenvalue weighted by molar-refractivity contribution is -0.119. The van der Waals surface area contributed by atoms with E-state index in [0.717, 1.165) is 37.3 Å². The van der Waals surface area contributed by atoms with Crippen LogP contribution in [0, 0.1) is 0 Å². The molecule has 4 nitrogen and oxygen atoms in total. The third kappa shape index (κ3) is 7.98. The highest BCUT2D eigenvalue weighted by Gasteiger charge is 2.04. The van der Waals surface area contributed by atoms with Crippen LogP contribution in [-0.4, -0.2) is 17.6 Å². The van der Waals surface area contributed by atoms with Crippen molar-refractivity contribution in [3.8, 4) is 5.75 Å². The van der Waals surface area contributed by atoms with E-state index in [-0.39, 0.29) is 5.91 Å². The molecule has 0 saturated carbocycles. The minimum absolute atomic E-state index is 0.0461. The van der Waals surface area contributed by atoms with Crippen LogP contribution in [0.5, 0.6) is 5.75 Å². The van der Waals surface area contributed by atoms with E-state index in [1.54, 1.807) is 0 Å². The molecular formula is C17H26N2O2S. The fourth-order valence-corrected chi connectivity index (χ4v) is 2.10. The van der Waals surface area contributed by atoms with E-state index in [1.807, 2.05) is 24.3 Å². The molecule has 122 valence electrons. The van der Waals surface area contributed by atoms with Gasteiger partial charge in [0.15, 0.2) is 5.11 Å². The van der Waals surface area contributed by atoms with Gasteiger partial charge in [-0.3, -0.25) is 4.79 Å². The van der Waals surface area contributed by atoms with Crippen molar-refractivity contribution in [2.45, 2.75) is 52.4 Å². The first-order valence-corrected chi connectivity index (χ1v) is 8.40. The van der Waals surface area contributed by atoms with E-state index in [4.69, 9.17) is 17.0 Å². The second-order valence-electron chi connectivity index (χ2n) is 5.19. The van der Waals surface area contributed by atoms with Crippen molar-refractivity contribution >= 4 is 28.9 Å². The Balaban J connectivity index is 2.33. The van der Waals surface area contributed by atoms with Crippen molar-refractivity contribution in [1.29, 1.82) is 0 Å². The number of carbonyl (C=O) groups excluding carboxylic acids is 1. The highest BCUT2D eigenvalue weighted by atomic mass is 32.1. The summed E-state index contributed by atoms with van der Waals surface area (Å²) < 4.78 is 5.65. The Morgan fingerprint density at radius 3 is 2.41 bits per heavy atom. The number of hydrogen-bond acceptors (Lipinski definition) is 3. The predicted molar refractivity (Wildman–Crippen MR) is 95.4 cm³/mol. The maximum atomic E-state index is 11.6. The molecule has 0 heterocycles. The van der Waals surface area contributed by atoms with Crippen LogP contribution >= 0.6 is 12.2 Å². The van der Waals surface area contributed by atoms with Gasteiger partial charge in [-0.15, -0.1) is 0 Å². The zero-order valence-corrected chi connectivity index (χ0v) is 14.3. The van der Waals surface area contributed by atoms with Crippen LogP contribution in [0.25, 0.3) is 0 Å². The molecule has 1 rings (SSSR count). The summed E-state index contributed by atoms with van der Waals surface area (Å²) in [5, 5.41) is 6.00. The number of hydrogen-bond donors (Lipinski definition) is 2. The van der Waals surface area contributed by atoms with Crippen molar-refractivity contribution in [2.24, 2.45) is 0 Å². The summed E-state index contributed by atoms with van der Waals surface area (Å²) in [5.74, 6) is 0.801. The van der Waals surface area contributed by atoms with Crippen LogP contribution in [0.2, 0.25) is 0 Å². The molecule has 0 unspecified atom stereocenters. The fourth-order valence-electron chi connectivity index (χ4n) is 1.87. The van der Waals surface area contributed by atoms with Gasteiger partial charge in [0.25, 0.3) is 0 Å². The minimum Gasteiger partial charge on any atom is -0.494 e. The molecule has 0 atom stereocenters. The normalized spacial score (nSPS) is 10.1. The zero-order valence-electron chi connectivity index (χ0n) is 13.5. The van der Waals surface area contributed by atoms with Crippen LogP contribution in [-0.2, 0) is 4.79 Å². The smallest absolute Gasteiger partial charge is 0.226 e. The number of thiocarbonyl (C=S) groups is 1. The molecule has 0 aromatic heterocycles. The predicted octanol–water partition coefficient (Wildman–Crippen LogP) is 4.26. The van der Waals surface area contributed by atoms with E-state index >= 15 is 0 Å². The Kier molecular flexibility index (Phi) is 9.23. The van der Waals surface area contributed by atoms with Crippen molar-refractivity contribution in [2.75, 3.05) is 11.9 Å². The quantitative estimate of drug-likeness (QED) is 0.527. The summed E-state index contributed by atoms with van der Waals surface area (Å²) in [6.45, 7) is 4.96. The highest BCUT2D eigenvalue weighted by molar-refractivity contribution is 7.80. The van der Waals surface area contributed by atoms with Crippen molar-refractivity contribution < 1.29 is 9.53 Å². The molecule has 0 aliphatic rings. The van der Waals surface area contributed by atoms with Gasteiger partial charge in [-0.25, -0.2) is 0 Å². The van der Waals surface area contributed by atoms with Gasteiger partial charge in [0, 0.05) is 12.1 Å². The Hall–Kier alpha value is -1.62. The number of rotatable bonds is 9. The van der Waals surface area contributed by atoms with Gasteiger partial charge in [0.1, 0.15) is 5.75 Å². The summed E-state index contributed by atoms with van der Waals surface area (Å²) in [6, 6.07) is 7.57. The number of carbonyl (C=O) groups is 1. The van der Waals surface area contributed by atoms with Gasteiger partial charge >= 0.3 is 0 Å². The second-order valence-corrected chi connectivity index (χ2v) is 5.59. The van der Waals surface area contributed by atoms with E-state index in [0.29, 0.717) is 11.5 Å². The molecule has 0 aliphatic carbocycles. The summed E-state index contributed by atoms with van der Waals surface area (Å²) in [4.78, 5) is 11.6. The Bertz CT molecular complexity index is 460. The van der Waals surface area contributed by atoms with Crippen molar-refractivity contribution in [1.82, 2.24) is 5.32 Å². The molecule has 0 fully saturated rings. The number of benzene rings is 1. The van der Waals surface area contributed by atoms with Gasteiger partial charge in [0.2, 0.25) is 5.91 Å². The van der Waals surface area contributed by atoms with Gasteiger partial charge in [0.05, 0.1) is 6.61 Å². The van der Waals surface area contributed by atoms with Crippen LogP contribution in [0.15, 0.2) is 24.3 Å². The zero-order chi connectivity index (χ0) is 16.2. The first kappa shape index (κ1) is 18.4.